The van der Waals surface area contributed by atoms with Gasteiger partial charge in [-0.15, -0.1) is 0 Å². The van der Waals surface area contributed by atoms with Crippen LogP contribution in [0.3, 0.4) is 0 Å². The average Bonchev–Trinajstić information content (AvgIpc) is 2.84. The van der Waals surface area contributed by atoms with Gasteiger partial charge >= 0.3 is 0 Å². The lowest BCUT2D eigenvalue weighted by Crippen LogP contribution is -2.13. The third-order valence-electron chi connectivity index (χ3n) is 3.94. The Labute approximate surface area is 154 Å². The predicted molar refractivity (Wildman–Crippen MR) is 97.3 cm³/mol. The molecule has 0 unspecified atom stereocenters. The minimum absolute atomic E-state index is 0.301. The highest BCUT2D eigenvalue weighted by atomic mass is 35.5. The summed E-state index contributed by atoms with van der Waals surface area (Å²) in [7, 11) is 1.71. The Hall–Kier alpha value is -2.37. The van der Waals surface area contributed by atoms with Crippen LogP contribution in [0.2, 0.25) is 10.0 Å². The van der Waals surface area contributed by atoms with E-state index < -0.39 is 11.7 Å². The molecule has 3 rings (SSSR count). The summed E-state index contributed by atoms with van der Waals surface area (Å²) in [5, 5.41) is 5.03. The zero-order valence-corrected chi connectivity index (χ0v) is 15.0. The van der Waals surface area contributed by atoms with Crippen molar-refractivity contribution in [2.45, 2.75) is 6.92 Å². The number of benzene rings is 2. The molecule has 0 bridgehead atoms. The summed E-state index contributed by atoms with van der Waals surface area (Å²) in [6.45, 7) is 1.70. The summed E-state index contributed by atoms with van der Waals surface area (Å²) in [6.07, 6.45) is 0. The first-order chi connectivity index (χ1) is 11.8. The van der Waals surface area contributed by atoms with Gasteiger partial charge in [0.2, 0.25) is 0 Å². The summed E-state index contributed by atoms with van der Waals surface area (Å²) in [4.78, 5) is 11.9. The van der Waals surface area contributed by atoms with Crippen molar-refractivity contribution in [3.8, 4) is 22.4 Å². The Morgan fingerprint density at radius 3 is 2.48 bits per heavy atom. The summed E-state index contributed by atoms with van der Waals surface area (Å²) >= 11 is 12.1. The van der Waals surface area contributed by atoms with Gasteiger partial charge in [-0.3, -0.25) is 9.48 Å². The Kier molecular flexibility index (Phi) is 4.54. The van der Waals surface area contributed by atoms with Crippen LogP contribution in [0.1, 0.15) is 16.1 Å². The third-order valence-corrected chi connectivity index (χ3v) is 4.67. The van der Waals surface area contributed by atoms with Gasteiger partial charge in [0.15, 0.2) is 0 Å². The SMILES string of the molecule is Cc1nn(C)c(-c2ccc(F)cc2-c2ccc(Cl)c(Cl)c2)c1C(N)=O. The van der Waals surface area contributed by atoms with Crippen LogP contribution in [0.5, 0.6) is 0 Å². The van der Waals surface area contributed by atoms with E-state index in [1.807, 2.05) is 0 Å². The van der Waals surface area contributed by atoms with Gasteiger partial charge in [-0.25, -0.2) is 4.39 Å². The van der Waals surface area contributed by atoms with E-state index in [4.69, 9.17) is 28.9 Å². The van der Waals surface area contributed by atoms with E-state index in [-0.39, 0.29) is 0 Å². The molecule has 25 heavy (non-hydrogen) atoms. The fourth-order valence-electron chi connectivity index (χ4n) is 2.89. The maximum atomic E-state index is 13.9. The number of rotatable bonds is 3. The minimum atomic E-state index is -0.593. The van der Waals surface area contributed by atoms with Crippen LogP contribution in [0.4, 0.5) is 4.39 Å². The number of amides is 1. The Balaban J connectivity index is 2.33. The third kappa shape index (κ3) is 3.13. The second-order valence-corrected chi connectivity index (χ2v) is 6.43. The van der Waals surface area contributed by atoms with Crippen LogP contribution in [0, 0.1) is 12.7 Å². The van der Waals surface area contributed by atoms with Crippen molar-refractivity contribution < 1.29 is 9.18 Å². The smallest absolute Gasteiger partial charge is 0.252 e. The topological polar surface area (TPSA) is 60.9 Å². The summed E-state index contributed by atoms with van der Waals surface area (Å²) < 4.78 is 15.5. The van der Waals surface area contributed by atoms with Crippen molar-refractivity contribution in [3.63, 3.8) is 0 Å². The van der Waals surface area contributed by atoms with Crippen LogP contribution in [-0.2, 0) is 7.05 Å². The lowest BCUT2D eigenvalue weighted by molar-refractivity contribution is 0.100. The molecule has 0 saturated carbocycles. The summed E-state index contributed by atoms with van der Waals surface area (Å²) in [6, 6.07) is 9.31. The molecule has 0 atom stereocenters. The van der Waals surface area contributed by atoms with Crippen molar-refractivity contribution >= 4 is 29.1 Å². The molecule has 2 aromatic carbocycles. The van der Waals surface area contributed by atoms with Gasteiger partial charge in [-0.1, -0.05) is 29.3 Å². The molecule has 3 aromatic rings. The molecule has 1 heterocycles. The van der Waals surface area contributed by atoms with Crippen LogP contribution in [0.15, 0.2) is 36.4 Å². The predicted octanol–water partition coefficient (Wildman–Crippen LogP) is 4.61. The number of primary amides is 1. The molecule has 0 aliphatic rings. The molecule has 0 radical (unpaired) electrons. The molecular formula is C18H14Cl2FN3O. The molecule has 0 spiro atoms. The molecule has 0 fully saturated rings. The largest absolute Gasteiger partial charge is 0.365 e. The molecule has 0 aliphatic heterocycles. The number of carbonyl (C=O) groups excluding carboxylic acids is 1. The number of hydrogen-bond acceptors (Lipinski definition) is 2. The number of carbonyl (C=O) groups is 1. The normalized spacial score (nSPS) is 10.9. The van der Waals surface area contributed by atoms with Gasteiger partial charge in [0.1, 0.15) is 5.82 Å². The summed E-state index contributed by atoms with van der Waals surface area (Å²) in [5.74, 6) is -1.01. The Bertz CT molecular complexity index is 998. The highest BCUT2D eigenvalue weighted by Gasteiger charge is 2.22. The molecule has 2 N–H and O–H groups in total. The fourth-order valence-corrected chi connectivity index (χ4v) is 3.19. The minimum Gasteiger partial charge on any atom is -0.365 e. The lowest BCUT2D eigenvalue weighted by Gasteiger charge is -2.13. The van der Waals surface area contributed by atoms with Crippen molar-refractivity contribution in [3.05, 3.63) is 63.5 Å². The van der Waals surface area contributed by atoms with E-state index in [0.29, 0.717) is 43.7 Å². The van der Waals surface area contributed by atoms with E-state index in [0.717, 1.165) is 0 Å². The first-order valence-corrected chi connectivity index (χ1v) is 8.14. The quantitative estimate of drug-likeness (QED) is 0.724. The molecule has 0 aliphatic carbocycles. The second kappa shape index (κ2) is 6.50. The molecule has 128 valence electrons. The standard InChI is InChI=1S/C18H14Cl2FN3O/c1-9-16(18(22)25)17(24(2)23-9)12-5-4-11(21)8-13(12)10-3-6-14(19)15(20)7-10/h3-8H,1-2H3,(H2,22,25). The van der Waals surface area contributed by atoms with Crippen molar-refractivity contribution in [1.82, 2.24) is 9.78 Å². The van der Waals surface area contributed by atoms with Crippen molar-refractivity contribution in [2.75, 3.05) is 0 Å². The maximum Gasteiger partial charge on any atom is 0.252 e. The van der Waals surface area contributed by atoms with E-state index in [2.05, 4.69) is 5.10 Å². The van der Waals surface area contributed by atoms with Crippen LogP contribution in [0.25, 0.3) is 22.4 Å². The average molecular weight is 378 g/mol. The fraction of sp³-hybridized carbons (Fsp3) is 0.111. The van der Waals surface area contributed by atoms with Gasteiger partial charge in [0.25, 0.3) is 5.91 Å². The number of aryl methyl sites for hydroxylation is 2. The van der Waals surface area contributed by atoms with Crippen molar-refractivity contribution in [2.24, 2.45) is 12.8 Å². The van der Waals surface area contributed by atoms with Gasteiger partial charge < -0.3 is 5.73 Å². The van der Waals surface area contributed by atoms with Crippen molar-refractivity contribution in [1.29, 1.82) is 0 Å². The van der Waals surface area contributed by atoms with Crippen LogP contribution in [-0.4, -0.2) is 15.7 Å². The molecule has 0 saturated heterocycles. The van der Waals surface area contributed by atoms with E-state index in [1.54, 1.807) is 42.9 Å². The molecular weight excluding hydrogens is 364 g/mol. The molecule has 1 aromatic heterocycles. The maximum absolute atomic E-state index is 13.9. The number of aromatic nitrogens is 2. The number of nitrogens with two attached hydrogens (primary N) is 1. The summed E-state index contributed by atoms with van der Waals surface area (Å²) in [5.41, 5.74) is 8.70. The van der Waals surface area contributed by atoms with E-state index >= 15 is 0 Å². The Morgan fingerprint density at radius 1 is 1.12 bits per heavy atom. The zero-order chi connectivity index (χ0) is 18.3. The van der Waals surface area contributed by atoms with Crippen LogP contribution >= 0.6 is 23.2 Å². The highest BCUT2D eigenvalue weighted by Crippen LogP contribution is 2.37. The zero-order valence-electron chi connectivity index (χ0n) is 13.5. The van der Waals surface area contributed by atoms with Gasteiger partial charge in [0.05, 0.1) is 27.0 Å². The molecule has 4 nitrogen and oxygen atoms in total. The first kappa shape index (κ1) is 17.5. The Morgan fingerprint density at radius 2 is 1.84 bits per heavy atom. The monoisotopic (exact) mass is 377 g/mol. The lowest BCUT2D eigenvalue weighted by atomic mass is 9.95. The first-order valence-electron chi connectivity index (χ1n) is 7.38. The second-order valence-electron chi connectivity index (χ2n) is 5.62. The molecule has 1 amide bonds. The van der Waals surface area contributed by atoms with E-state index in [9.17, 15) is 9.18 Å². The van der Waals surface area contributed by atoms with Gasteiger partial charge in [0, 0.05) is 12.6 Å². The number of nitrogens with zero attached hydrogens (tertiary/aromatic N) is 2. The van der Waals surface area contributed by atoms with E-state index in [1.165, 1.54) is 12.1 Å². The molecule has 7 heteroatoms. The highest BCUT2D eigenvalue weighted by molar-refractivity contribution is 6.42. The number of halogens is 3. The van der Waals surface area contributed by atoms with Crippen LogP contribution < -0.4 is 5.73 Å². The van der Waals surface area contributed by atoms with Gasteiger partial charge in [-0.2, -0.15) is 5.10 Å². The van der Waals surface area contributed by atoms with Gasteiger partial charge in [-0.05, 0) is 48.4 Å². The number of hydrogen-bond donors (Lipinski definition) is 1.